The van der Waals surface area contributed by atoms with E-state index in [0.717, 1.165) is 42.0 Å². The molecular weight excluding hydrogens is 328 g/mol. The van der Waals surface area contributed by atoms with E-state index in [4.69, 9.17) is 5.73 Å². The fourth-order valence-electron chi connectivity index (χ4n) is 2.79. The lowest BCUT2D eigenvalue weighted by Gasteiger charge is -2.38. The molecule has 1 saturated heterocycles. The van der Waals surface area contributed by atoms with Gasteiger partial charge in [-0.05, 0) is 40.5 Å². The Morgan fingerprint density at radius 3 is 2.48 bits per heavy atom. The Bertz CT molecular complexity index is 616. The molecule has 0 unspecified atom stereocenters. The zero-order valence-electron chi connectivity index (χ0n) is 12.1. The summed E-state index contributed by atoms with van der Waals surface area (Å²) in [6, 6.07) is 8.68. The lowest BCUT2D eigenvalue weighted by molar-refractivity contribution is 0.653. The standard InChI is InChI=1S/C16H19BrN4/c1-12-3-2-4-13(9-12)20-5-7-21(8-6-20)16-14(17)10-19-11-15(16)18/h2-4,9-11H,5-8,18H2,1H3. The summed E-state index contributed by atoms with van der Waals surface area (Å²) in [5.74, 6) is 0. The molecule has 0 bridgehead atoms. The van der Waals surface area contributed by atoms with Crippen molar-refractivity contribution in [1.29, 1.82) is 0 Å². The largest absolute Gasteiger partial charge is 0.396 e. The van der Waals surface area contributed by atoms with E-state index >= 15 is 0 Å². The first kappa shape index (κ1) is 14.2. The number of pyridine rings is 1. The van der Waals surface area contributed by atoms with Crippen molar-refractivity contribution in [2.45, 2.75) is 6.92 Å². The molecule has 1 aromatic carbocycles. The molecule has 0 atom stereocenters. The fourth-order valence-corrected chi connectivity index (χ4v) is 3.39. The maximum absolute atomic E-state index is 6.07. The van der Waals surface area contributed by atoms with Crippen molar-refractivity contribution in [3.8, 4) is 0 Å². The van der Waals surface area contributed by atoms with Crippen molar-refractivity contribution in [3.63, 3.8) is 0 Å². The second-order valence-electron chi connectivity index (χ2n) is 5.37. The Balaban J connectivity index is 1.73. The molecular formula is C16H19BrN4. The van der Waals surface area contributed by atoms with Crippen LogP contribution in [0.4, 0.5) is 17.1 Å². The number of nitrogen functional groups attached to an aromatic ring is 1. The van der Waals surface area contributed by atoms with Crippen LogP contribution in [0.2, 0.25) is 0 Å². The number of piperazine rings is 1. The van der Waals surface area contributed by atoms with E-state index in [1.54, 1.807) is 12.4 Å². The predicted molar refractivity (Wildman–Crippen MR) is 92.0 cm³/mol. The Labute approximate surface area is 133 Å². The maximum atomic E-state index is 6.07. The molecule has 3 rings (SSSR count). The third-order valence-electron chi connectivity index (χ3n) is 3.86. The Kier molecular flexibility index (Phi) is 4.01. The summed E-state index contributed by atoms with van der Waals surface area (Å²) >= 11 is 3.55. The zero-order chi connectivity index (χ0) is 14.8. The monoisotopic (exact) mass is 346 g/mol. The average Bonchev–Trinajstić information content (AvgIpc) is 2.48. The highest BCUT2D eigenvalue weighted by molar-refractivity contribution is 9.10. The first-order valence-electron chi connectivity index (χ1n) is 7.10. The maximum Gasteiger partial charge on any atom is 0.0777 e. The van der Waals surface area contributed by atoms with Crippen LogP contribution in [0.25, 0.3) is 0 Å². The van der Waals surface area contributed by atoms with E-state index in [1.807, 2.05) is 0 Å². The topological polar surface area (TPSA) is 45.4 Å². The van der Waals surface area contributed by atoms with Crippen LogP contribution in [0.15, 0.2) is 41.1 Å². The molecule has 5 heteroatoms. The minimum atomic E-state index is 0.730. The summed E-state index contributed by atoms with van der Waals surface area (Å²) in [7, 11) is 0. The van der Waals surface area contributed by atoms with E-state index in [-0.39, 0.29) is 0 Å². The number of hydrogen-bond acceptors (Lipinski definition) is 4. The highest BCUT2D eigenvalue weighted by atomic mass is 79.9. The van der Waals surface area contributed by atoms with Crippen molar-refractivity contribution < 1.29 is 0 Å². The summed E-state index contributed by atoms with van der Waals surface area (Å²) in [6.07, 6.45) is 3.52. The molecule has 1 aliphatic rings. The van der Waals surface area contributed by atoms with E-state index in [9.17, 15) is 0 Å². The van der Waals surface area contributed by atoms with Gasteiger partial charge in [-0.2, -0.15) is 0 Å². The number of aromatic nitrogens is 1. The van der Waals surface area contributed by atoms with E-state index in [1.165, 1.54) is 11.3 Å². The molecule has 21 heavy (non-hydrogen) atoms. The second kappa shape index (κ2) is 5.93. The third kappa shape index (κ3) is 2.97. The van der Waals surface area contributed by atoms with E-state index in [2.05, 4.69) is 61.9 Å². The minimum absolute atomic E-state index is 0.730. The smallest absolute Gasteiger partial charge is 0.0777 e. The number of benzene rings is 1. The first-order chi connectivity index (χ1) is 10.1. The average molecular weight is 347 g/mol. The fraction of sp³-hybridized carbons (Fsp3) is 0.312. The molecule has 1 aromatic heterocycles. The molecule has 2 aromatic rings. The van der Waals surface area contributed by atoms with E-state index < -0.39 is 0 Å². The number of anilines is 3. The SMILES string of the molecule is Cc1cccc(N2CCN(c3c(N)cncc3Br)CC2)c1. The number of nitrogens with zero attached hydrogens (tertiary/aromatic N) is 3. The number of halogens is 1. The van der Waals surface area contributed by atoms with Crippen LogP contribution in [0.1, 0.15) is 5.56 Å². The van der Waals surface area contributed by atoms with Gasteiger partial charge in [-0.3, -0.25) is 4.98 Å². The summed E-state index contributed by atoms with van der Waals surface area (Å²) < 4.78 is 0.964. The third-order valence-corrected chi connectivity index (χ3v) is 4.44. The van der Waals surface area contributed by atoms with Crippen molar-refractivity contribution in [2.24, 2.45) is 0 Å². The normalized spacial score (nSPS) is 15.3. The van der Waals surface area contributed by atoms with Crippen LogP contribution in [-0.2, 0) is 0 Å². The van der Waals surface area contributed by atoms with Gasteiger partial charge in [0, 0.05) is 38.1 Å². The van der Waals surface area contributed by atoms with Gasteiger partial charge in [-0.25, -0.2) is 0 Å². The molecule has 0 aliphatic carbocycles. The van der Waals surface area contributed by atoms with Crippen LogP contribution >= 0.6 is 15.9 Å². The van der Waals surface area contributed by atoms with Crippen LogP contribution in [-0.4, -0.2) is 31.2 Å². The molecule has 0 amide bonds. The molecule has 0 saturated carbocycles. The van der Waals surface area contributed by atoms with Gasteiger partial charge in [-0.1, -0.05) is 12.1 Å². The van der Waals surface area contributed by atoms with Crippen molar-refractivity contribution in [1.82, 2.24) is 4.98 Å². The van der Waals surface area contributed by atoms with Crippen molar-refractivity contribution in [2.75, 3.05) is 41.7 Å². The van der Waals surface area contributed by atoms with Gasteiger partial charge in [0.1, 0.15) is 0 Å². The highest BCUT2D eigenvalue weighted by Crippen LogP contribution is 2.32. The van der Waals surface area contributed by atoms with Gasteiger partial charge in [0.2, 0.25) is 0 Å². The quantitative estimate of drug-likeness (QED) is 0.907. The van der Waals surface area contributed by atoms with Gasteiger partial charge < -0.3 is 15.5 Å². The van der Waals surface area contributed by atoms with Gasteiger partial charge >= 0.3 is 0 Å². The summed E-state index contributed by atoms with van der Waals surface area (Å²) in [5, 5.41) is 0. The molecule has 2 heterocycles. The summed E-state index contributed by atoms with van der Waals surface area (Å²) in [5.41, 5.74) is 10.5. The van der Waals surface area contributed by atoms with Crippen LogP contribution in [0, 0.1) is 6.92 Å². The highest BCUT2D eigenvalue weighted by Gasteiger charge is 2.20. The lowest BCUT2D eigenvalue weighted by Crippen LogP contribution is -2.46. The lowest BCUT2D eigenvalue weighted by atomic mass is 10.2. The summed E-state index contributed by atoms with van der Waals surface area (Å²) in [6.45, 7) is 6.05. The van der Waals surface area contributed by atoms with Crippen LogP contribution in [0.5, 0.6) is 0 Å². The molecule has 1 aliphatic heterocycles. The number of aryl methyl sites for hydroxylation is 1. The second-order valence-corrected chi connectivity index (χ2v) is 6.23. The number of hydrogen-bond donors (Lipinski definition) is 1. The first-order valence-corrected chi connectivity index (χ1v) is 7.90. The Morgan fingerprint density at radius 2 is 1.81 bits per heavy atom. The van der Waals surface area contributed by atoms with Crippen LogP contribution < -0.4 is 15.5 Å². The molecule has 110 valence electrons. The Morgan fingerprint density at radius 1 is 1.10 bits per heavy atom. The van der Waals surface area contributed by atoms with Gasteiger partial charge in [0.05, 0.1) is 22.0 Å². The minimum Gasteiger partial charge on any atom is -0.396 e. The van der Waals surface area contributed by atoms with Crippen molar-refractivity contribution >= 4 is 33.0 Å². The Hall–Kier alpha value is -1.75. The van der Waals surface area contributed by atoms with E-state index in [0.29, 0.717) is 0 Å². The predicted octanol–water partition coefficient (Wildman–Crippen LogP) is 3.06. The molecule has 0 radical (unpaired) electrons. The van der Waals surface area contributed by atoms with Gasteiger partial charge in [-0.15, -0.1) is 0 Å². The molecule has 4 nitrogen and oxygen atoms in total. The zero-order valence-corrected chi connectivity index (χ0v) is 13.7. The van der Waals surface area contributed by atoms with Gasteiger partial charge in [0.25, 0.3) is 0 Å². The van der Waals surface area contributed by atoms with Crippen LogP contribution in [0.3, 0.4) is 0 Å². The van der Waals surface area contributed by atoms with Gasteiger partial charge in [0.15, 0.2) is 0 Å². The molecule has 1 fully saturated rings. The number of nitrogens with two attached hydrogens (primary N) is 1. The van der Waals surface area contributed by atoms with Crippen molar-refractivity contribution in [3.05, 3.63) is 46.7 Å². The molecule has 2 N–H and O–H groups in total. The summed E-state index contributed by atoms with van der Waals surface area (Å²) in [4.78, 5) is 8.85. The molecule has 0 spiro atoms. The number of rotatable bonds is 2.